The van der Waals surface area contributed by atoms with Gasteiger partial charge in [-0.15, -0.1) is 0 Å². The van der Waals surface area contributed by atoms with Crippen molar-refractivity contribution in [2.24, 2.45) is 0 Å². The molecule has 7 nitrogen and oxygen atoms in total. The summed E-state index contributed by atoms with van der Waals surface area (Å²) in [5.74, 6) is -1.86. The quantitative estimate of drug-likeness (QED) is 0.660. The molecule has 0 bridgehead atoms. The Bertz CT molecular complexity index is 684. The maximum atomic E-state index is 11.9. The highest BCUT2D eigenvalue weighted by Gasteiger charge is 2.13. The number of hydrogen-bond donors (Lipinski definition) is 2. The summed E-state index contributed by atoms with van der Waals surface area (Å²) < 4.78 is 4.28. The molecule has 2 amide bonds. The fourth-order valence-corrected chi connectivity index (χ4v) is 1.59. The predicted octanol–water partition coefficient (Wildman–Crippen LogP) is 1.45. The topological polar surface area (TPSA) is 97.4 Å². The van der Waals surface area contributed by atoms with Crippen LogP contribution in [0, 0.1) is 0 Å². The van der Waals surface area contributed by atoms with Gasteiger partial charge in [0.1, 0.15) is 5.82 Å². The first-order valence-electron chi connectivity index (χ1n) is 6.32. The molecule has 1 heterocycles. The van der Waals surface area contributed by atoms with E-state index in [4.69, 9.17) is 0 Å². The number of nitrogens with zero attached hydrogens (tertiary/aromatic N) is 1. The molecule has 0 saturated heterocycles. The standard InChI is InChI=1S/C15H13N3O4/c1-22-15(21)14(20)17-11-7-8-12(16-9-11)18-13(19)10-5-3-2-4-6-10/h2-9H,1H3,(H,17,20)(H,16,18,19). The average Bonchev–Trinajstić information content (AvgIpc) is 2.56. The van der Waals surface area contributed by atoms with E-state index in [1.165, 1.54) is 18.3 Å². The molecule has 0 unspecified atom stereocenters. The molecule has 22 heavy (non-hydrogen) atoms. The summed E-state index contributed by atoms with van der Waals surface area (Å²) in [6.45, 7) is 0. The highest BCUT2D eigenvalue weighted by molar-refractivity contribution is 6.37. The van der Waals surface area contributed by atoms with Crippen LogP contribution in [0.5, 0.6) is 0 Å². The third-order valence-corrected chi connectivity index (χ3v) is 2.67. The number of pyridine rings is 1. The zero-order valence-electron chi connectivity index (χ0n) is 11.7. The maximum Gasteiger partial charge on any atom is 0.396 e. The molecule has 0 aliphatic carbocycles. The van der Waals surface area contributed by atoms with Crippen molar-refractivity contribution < 1.29 is 19.1 Å². The van der Waals surface area contributed by atoms with Gasteiger partial charge in [0.15, 0.2) is 0 Å². The minimum absolute atomic E-state index is 0.292. The van der Waals surface area contributed by atoms with E-state index in [9.17, 15) is 14.4 Å². The van der Waals surface area contributed by atoms with Crippen molar-refractivity contribution in [3.8, 4) is 0 Å². The van der Waals surface area contributed by atoms with E-state index < -0.39 is 11.9 Å². The molecule has 2 aromatic rings. The SMILES string of the molecule is COC(=O)C(=O)Nc1ccc(NC(=O)c2ccccc2)nc1. The van der Waals surface area contributed by atoms with Crippen LogP contribution in [0.15, 0.2) is 48.7 Å². The Kier molecular flexibility index (Phi) is 4.81. The van der Waals surface area contributed by atoms with E-state index in [1.54, 1.807) is 24.3 Å². The number of aromatic nitrogens is 1. The van der Waals surface area contributed by atoms with Crippen molar-refractivity contribution in [1.82, 2.24) is 4.98 Å². The second-order valence-corrected chi connectivity index (χ2v) is 4.20. The fraction of sp³-hybridized carbons (Fsp3) is 0.0667. The number of nitrogens with one attached hydrogen (secondary N) is 2. The van der Waals surface area contributed by atoms with Crippen molar-refractivity contribution in [1.29, 1.82) is 0 Å². The van der Waals surface area contributed by atoms with Gasteiger partial charge in [0, 0.05) is 5.56 Å². The predicted molar refractivity (Wildman–Crippen MR) is 79.3 cm³/mol. The number of anilines is 2. The molecule has 0 aliphatic rings. The van der Waals surface area contributed by atoms with Gasteiger partial charge in [0.05, 0.1) is 19.0 Å². The number of ether oxygens (including phenoxy) is 1. The van der Waals surface area contributed by atoms with Crippen molar-refractivity contribution in [2.45, 2.75) is 0 Å². The zero-order valence-corrected chi connectivity index (χ0v) is 11.7. The van der Waals surface area contributed by atoms with E-state index >= 15 is 0 Å². The lowest BCUT2D eigenvalue weighted by Gasteiger charge is -2.06. The minimum Gasteiger partial charge on any atom is -0.462 e. The number of methoxy groups -OCH3 is 1. The molecule has 1 aromatic heterocycles. The van der Waals surface area contributed by atoms with Gasteiger partial charge in [0.25, 0.3) is 5.91 Å². The van der Waals surface area contributed by atoms with Gasteiger partial charge < -0.3 is 15.4 Å². The lowest BCUT2D eigenvalue weighted by Crippen LogP contribution is -2.23. The number of carbonyl (C=O) groups is 3. The zero-order chi connectivity index (χ0) is 15.9. The number of esters is 1. The van der Waals surface area contributed by atoms with Crippen LogP contribution >= 0.6 is 0 Å². The Balaban J connectivity index is 1.99. The van der Waals surface area contributed by atoms with Crippen LogP contribution in [0.4, 0.5) is 11.5 Å². The van der Waals surface area contributed by atoms with E-state index in [0.29, 0.717) is 17.1 Å². The number of amides is 2. The van der Waals surface area contributed by atoms with E-state index in [1.807, 2.05) is 6.07 Å². The van der Waals surface area contributed by atoms with Crippen molar-refractivity contribution in [3.63, 3.8) is 0 Å². The molecular formula is C15H13N3O4. The molecular weight excluding hydrogens is 286 g/mol. The molecule has 0 aliphatic heterocycles. The smallest absolute Gasteiger partial charge is 0.396 e. The molecule has 0 radical (unpaired) electrons. The number of hydrogen-bond acceptors (Lipinski definition) is 5. The highest BCUT2D eigenvalue weighted by atomic mass is 16.5. The molecule has 112 valence electrons. The molecule has 0 fully saturated rings. The molecule has 0 spiro atoms. The van der Waals surface area contributed by atoms with Crippen LogP contribution in [0.25, 0.3) is 0 Å². The van der Waals surface area contributed by atoms with Crippen LogP contribution < -0.4 is 10.6 Å². The van der Waals surface area contributed by atoms with Crippen molar-refractivity contribution in [3.05, 3.63) is 54.2 Å². The van der Waals surface area contributed by atoms with Crippen LogP contribution in [-0.2, 0) is 14.3 Å². The first-order valence-corrected chi connectivity index (χ1v) is 6.32. The van der Waals surface area contributed by atoms with Crippen molar-refractivity contribution >= 4 is 29.3 Å². The second-order valence-electron chi connectivity index (χ2n) is 4.20. The van der Waals surface area contributed by atoms with E-state index in [2.05, 4.69) is 20.4 Å². The van der Waals surface area contributed by atoms with Gasteiger partial charge in [0.2, 0.25) is 0 Å². The van der Waals surface area contributed by atoms with Gasteiger partial charge >= 0.3 is 11.9 Å². The largest absolute Gasteiger partial charge is 0.462 e. The summed E-state index contributed by atoms with van der Waals surface area (Å²) in [4.78, 5) is 38.2. The van der Waals surface area contributed by atoms with Gasteiger partial charge in [-0.2, -0.15) is 0 Å². The van der Waals surface area contributed by atoms with E-state index in [0.717, 1.165) is 7.11 Å². The normalized spacial score (nSPS) is 9.68. The summed E-state index contributed by atoms with van der Waals surface area (Å²) in [5.41, 5.74) is 0.820. The Morgan fingerprint density at radius 2 is 1.73 bits per heavy atom. The summed E-state index contributed by atoms with van der Waals surface area (Å²) in [6.07, 6.45) is 1.32. The van der Waals surface area contributed by atoms with Gasteiger partial charge in [-0.1, -0.05) is 18.2 Å². The molecule has 0 atom stereocenters. The Morgan fingerprint density at radius 1 is 1.00 bits per heavy atom. The van der Waals surface area contributed by atoms with Crippen LogP contribution in [-0.4, -0.2) is 29.9 Å². The van der Waals surface area contributed by atoms with Gasteiger partial charge in [-0.3, -0.25) is 9.59 Å². The van der Waals surface area contributed by atoms with Crippen molar-refractivity contribution in [2.75, 3.05) is 17.7 Å². The minimum atomic E-state index is -0.999. The summed E-state index contributed by atoms with van der Waals surface area (Å²) >= 11 is 0. The maximum absolute atomic E-state index is 11.9. The third-order valence-electron chi connectivity index (χ3n) is 2.67. The second kappa shape index (κ2) is 6.98. The first-order chi connectivity index (χ1) is 10.6. The van der Waals surface area contributed by atoms with Crippen LogP contribution in [0.3, 0.4) is 0 Å². The molecule has 2 rings (SSSR count). The number of benzene rings is 1. The Morgan fingerprint density at radius 3 is 2.32 bits per heavy atom. The lowest BCUT2D eigenvalue weighted by molar-refractivity contribution is -0.150. The Labute approximate surface area is 126 Å². The Hall–Kier alpha value is -3.22. The number of rotatable bonds is 3. The molecule has 7 heteroatoms. The van der Waals surface area contributed by atoms with E-state index in [-0.39, 0.29) is 5.91 Å². The first kappa shape index (κ1) is 15.2. The third kappa shape index (κ3) is 3.89. The molecule has 2 N–H and O–H groups in total. The van der Waals surface area contributed by atoms with Gasteiger partial charge in [-0.25, -0.2) is 9.78 Å². The molecule has 1 aromatic carbocycles. The number of carbonyl (C=O) groups excluding carboxylic acids is 3. The lowest BCUT2D eigenvalue weighted by atomic mass is 10.2. The average molecular weight is 299 g/mol. The summed E-state index contributed by atoms with van der Waals surface area (Å²) in [6, 6.07) is 11.7. The van der Waals surface area contributed by atoms with Gasteiger partial charge in [-0.05, 0) is 24.3 Å². The van der Waals surface area contributed by atoms with Crippen LogP contribution in [0.1, 0.15) is 10.4 Å². The highest BCUT2D eigenvalue weighted by Crippen LogP contribution is 2.11. The fourth-order valence-electron chi connectivity index (χ4n) is 1.59. The summed E-state index contributed by atoms with van der Waals surface area (Å²) in [7, 11) is 1.11. The van der Waals surface area contributed by atoms with Crippen LogP contribution in [0.2, 0.25) is 0 Å². The monoisotopic (exact) mass is 299 g/mol. The molecule has 0 saturated carbocycles. The summed E-state index contributed by atoms with van der Waals surface area (Å²) in [5, 5.41) is 4.93.